The molecule has 1 N–H and O–H groups in total. The lowest BCUT2D eigenvalue weighted by molar-refractivity contribution is -0.120. The van der Waals surface area contributed by atoms with Gasteiger partial charge in [-0.1, -0.05) is 12.1 Å². The van der Waals surface area contributed by atoms with Crippen molar-refractivity contribution in [3.63, 3.8) is 0 Å². The number of amides is 1. The predicted octanol–water partition coefficient (Wildman–Crippen LogP) is 3.92. The Kier molecular flexibility index (Phi) is 6.21. The van der Waals surface area contributed by atoms with Gasteiger partial charge in [-0.2, -0.15) is 0 Å². The number of aromatic nitrogens is 2. The van der Waals surface area contributed by atoms with Gasteiger partial charge < -0.3 is 20.0 Å². The highest BCUT2D eigenvalue weighted by molar-refractivity contribution is 7.18. The summed E-state index contributed by atoms with van der Waals surface area (Å²) in [5.41, 5.74) is 3.32. The van der Waals surface area contributed by atoms with Crippen molar-refractivity contribution in [1.29, 1.82) is 0 Å². The van der Waals surface area contributed by atoms with Gasteiger partial charge in [0.2, 0.25) is 5.91 Å². The van der Waals surface area contributed by atoms with Gasteiger partial charge in [0.1, 0.15) is 17.0 Å². The van der Waals surface area contributed by atoms with Gasteiger partial charge in [0.15, 0.2) is 0 Å². The van der Waals surface area contributed by atoms with E-state index in [0.29, 0.717) is 0 Å². The molecule has 0 spiro atoms. The second-order valence-electron chi connectivity index (χ2n) is 9.22. The molecule has 2 aliphatic heterocycles. The largest absolute Gasteiger partial charge is 0.367 e. The summed E-state index contributed by atoms with van der Waals surface area (Å²) in [6.07, 6.45) is 3.33. The summed E-state index contributed by atoms with van der Waals surface area (Å²) < 4.78 is 0. The molecule has 3 aromatic rings. The summed E-state index contributed by atoms with van der Waals surface area (Å²) >= 11 is 1.73. The molecule has 1 aromatic carbocycles. The molecular formula is C25H32N6OS. The van der Waals surface area contributed by atoms with Crippen molar-refractivity contribution in [2.75, 3.05) is 61.4 Å². The van der Waals surface area contributed by atoms with Crippen LogP contribution in [0.1, 0.15) is 23.3 Å². The zero-order valence-electron chi connectivity index (χ0n) is 19.7. The van der Waals surface area contributed by atoms with Crippen LogP contribution in [0.2, 0.25) is 0 Å². The summed E-state index contributed by atoms with van der Waals surface area (Å²) in [4.78, 5) is 31.7. The first kappa shape index (κ1) is 22.1. The third-order valence-electron chi connectivity index (χ3n) is 7.12. The molecule has 0 unspecified atom stereocenters. The lowest BCUT2D eigenvalue weighted by Gasteiger charge is -2.35. The maximum Gasteiger partial charge on any atom is 0.227 e. The molecule has 7 nitrogen and oxygen atoms in total. The number of rotatable bonds is 4. The number of thiophene rings is 1. The van der Waals surface area contributed by atoms with Gasteiger partial charge >= 0.3 is 0 Å². The zero-order chi connectivity index (χ0) is 22.9. The molecule has 174 valence electrons. The molecule has 2 aromatic heterocycles. The third kappa shape index (κ3) is 4.42. The van der Waals surface area contributed by atoms with Crippen molar-refractivity contribution >= 4 is 44.7 Å². The number of nitrogens with zero attached hydrogens (tertiary/aromatic N) is 5. The number of piperidine rings is 1. The Bertz CT molecular complexity index is 1150. The third-order valence-corrected chi connectivity index (χ3v) is 8.23. The predicted molar refractivity (Wildman–Crippen MR) is 137 cm³/mol. The van der Waals surface area contributed by atoms with Crippen molar-refractivity contribution in [3.05, 3.63) is 41.0 Å². The highest BCUT2D eigenvalue weighted by Gasteiger charge is 2.28. The summed E-state index contributed by atoms with van der Waals surface area (Å²) in [5.74, 6) is 1.16. The molecule has 0 saturated carbocycles. The van der Waals surface area contributed by atoms with E-state index in [-0.39, 0.29) is 11.8 Å². The number of carbonyl (C=O) groups is 1. The number of hydrogen-bond donors (Lipinski definition) is 1. The van der Waals surface area contributed by atoms with Gasteiger partial charge in [-0.25, -0.2) is 9.97 Å². The van der Waals surface area contributed by atoms with Crippen LogP contribution in [-0.4, -0.2) is 67.1 Å². The number of hydrogen-bond acceptors (Lipinski definition) is 7. The first-order valence-corrected chi connectivity index (χ1v) is 12.6. The van der Waals surface area contributed by atoms with Gasteiger partial charge in [-0.3, -0.25) is 4.79 Å². The van der Waals surface area contributed by atoms with Crippen LogP contribution in [0.25, 0.3) is 10.2 Å². The van der Waals surface area contributed by atoms with Gasteiger partial charge in [0, 0.05) is 50.1 Å². The number of aryl methyl sites for hydroxylation is 2. The van der Waals surface area contributed by atoms with Crippen LogP contribution in [0.5, 0.6) is 0 Å². The Labute approximate surface area is 199 Å². The van der Waals surface area contributed by atoms with Crippen molar-refractivity contribution < 1.29 is 4.79 Å². The molecule has 0 aliphatic carbocycles. The summed E-state index contributed by atoms with van der Waals surface area (Å²) in [5, 5.41) is 4.42. The molecule has 33 heavy (non-hydrogen) atoms. The fraction of sp³-hybridized carbons (Fsp3) is 0.480. The number of piperazine rings is 1. The van der Waals surface area contributed by atoms with Crippen molar-refractivity contribution in [3.8, 4) is 0 Å². The number of benzene rings is 1. The van der Waals surface area contributed by atoms with Crippen LogP contribution < -0.4 is 15.1 Å². The topological polar surface area (TPSA) is 64.6 Å². The number of anilines is 3. The molecule has 4 heterocycles. The van der Waals surface area contributed by atoms with Crippen molar-refractivity contribution in [2.45, 2.75) is 26.7 Å². The minimum atomic E-state index is 0.0180. The molecule has 2 aliphatic rings. The van der Waals surface area contributed by atoms with Crippen LogP contribution >= 0.6 is 11.3 Å². The summed E-state index contributed by atoms with van der Waals surface area (Å²) in [6.45, 7) is 10.0. The van der Waals surface area contributed by atoms with E-state index in [1.165, 1.54) is 15.8 Å². The number of carbonyl (C=O) groups excluding carboxylic acids is 1. The molecule has 1 amide bonds. The van der Waals surface area contributed by atoms with Crippen molar-refractivity contribution in [2.24, 2.45) is 5.92 Å². The Morgan fingerprint density at radius 3 is 2.48 bits per heavy atom. The lowest BCUT2D eigenvalue weighted by Crippen LogP contribution is -2.45. The van der Waals surface area contributed by atoms with Gasteiger partial charge in [0.05, 0.1) is 16.8 Å². The van der Waals surface area contributed by atoms with E-state index in [2.05, 4.69) is 63.0 Å². The maximum absolute atomic E-state index is 13.2. The lowest BCUT2D eigenvalue weighted by atomic mass is 9.95. The Morgan fingerprint density at radius 1 is 1.00 bits per heavy atom. The minimum absolute atomic E-state index is 0.0180. The van der Waals surface area contributed by atoms with E-state index in [4.69, 9.17) is 0 Å². The average molecular weight is 465 g/mol. The SMILES string of the molecule is Cc1sc2ncnc(N3CCC(C(=O)Nc4ccccc4N4CCN(C)CC4)CC3)c2c1C. The fourth-order valence-corrected chi connectivity index (χ4v) is 5.89. The standard InChI is InChI=1S/C25H32N6OS/c1-17-18(2)33-25-22(17)23(26-16-27-25)31-10-8-19(9-11-31)24(32)28-20-6-4-5-7-21(20)30-14-12-29(3)13-15-30/h4-7,16,19H,8-15H2,1-3H3,(H,28,32). The molecule has 0 bridgehead atoms. The average Bonchev–Trinajstić information content (AvgIpc) is 3.13. The molecular weight excluding hydrogens is 432 g/mol. The van der Waals surface area contributed by atoms with E-state index in [9.17, 15) is 4.79 Å². The van der Waals surface area contributed by atoms with E-state index in [1.54, 1.807) is 17.7 Å². The number of fused-ring (bicyclic) bond motifs is 1. The number of likely N-dealkylation sites (N-methyl/N-ethyl adjacent to an activating group) is 1. The minimum Gasteiger partial charge on any atom is -0.367 e. The van der Waals surface area contributed by atoms with E-state index in [0.717, 1.165) is 74.1 Å². The first-order chi connectivity index (χ1) is 16.0. The van der Waals surface area contributed by atoms with Crippen LogP contribution in [0.3, 0.4) is 0 Å². The molecule has 2 saturated heterocycles. The number of nitrogens with one attached hydrogen (secondary N) is 1. The Balaban J connectivity index is 1.25. The fourth-order valence-electron chi connectivity index (χ4n) is 4.89. The molecule has 2 fully saturated rings. The van der Waals surface area contributed by atoms with E-state index < -0.39 is 0 Å². The van der Waals surface area contributed by atoms with Crippen LogP contribution in [0.4, 0.5) is 17.2 Å². The molecule has 5 rings (SSSR count). The van der Waals surface area contributed by atoms with Gasteiger partial charge in [0.25, 0.3) is 0 Å². The van der Waals surface area contributed by atoms with Gasteiger partial charge in [-0.15, -0.1) is 11.3 Å². The van der Waals surface area contributed by atoms with Crippen LogP contribution in [0, 0.1) is 19.8 Å². The summed E-state index contributed by atoms with van der Waals surface area (Å²) in [7, 11) is 2.16. The zero-order valence-corrected chi connectivity index (χ0v) is 20.5. The number of para-hydroxylation sites is 2. The normalized spacial score (nSPS) is 18.2. The second kappa shape index (κ2) is 9.27. The Hall–Kier alpha value is -2.71. The Morgan fingerprint density at radius 2 is 1.73 bits per heavy atom. The maximum atomic E-state index is 13.2. The summed E-state index contributed by atoms with van der Waals surface area (Å²) in [6, 6.07) is 8.21. The highest BCUT2D eigenvalue weighted by atomic mass is 32.1. The van der Waals surface area contributed by atoms with E-state index in [1.807, 2.05) is 12.1 Å². The highest BCUT2D eigenvalue weighted by Crippen LogP contribution is 2.36. The van der Waals surface area contributed by atoms with Crippen LogP contribution in [0.15, 0.2) is 30.6 Å². The first-order valence-electron chi connectivity index (χ1n) is 11.8. The monoisotopic (exact) mass is 464 g/mol. The van der Waals surface area contributed by atoms with E-state index >= 15 is 0 Å². The molecule has 0 radical (unpaired) electrons. The smallest absolute Gasteiger partial charge is 0.227 e. The quantitative estimate of drug-likeness (QED) is 0.632. The molecule has 8 heteroatoms. The van der Waals surface area contributed by atoms with Crippen LogP contribution in [-0.2, 0) is 4.79 Å². The second-order valence-corrected chi connectivity index (χ2v) is 10.4. The molecule has 0 atom stereocenters. The van der Waals surface area contributed by atoms with Crippen molar-refractivity contribution in [1.82, 2.24) is 14.9 Å². The van der Waals surface area contributed by atoms with Gasteiger partial charge in [-0.05, 0) is 51.4 Å².